The van der Waals surface area contributed by atoms with Crippen LogP contribution in [0.1, 0.15) is 128 Å². The first-order valence-corrected chi connectivity index (χ1v) is 18.2. The number of hydrogen-bond donors (Lipinski definition) is 0. The van der Waals surface area contributed by atoms with Crippen molar-refractivity contribution in [2.24, 2.45) is 0 Å². The van der Waals surface area contributed by atoms with Gasteiger partial charge in [0.2, 0.25) is 0 Å². The second-order valence-corrected chi connectivity index (χ2v) is 13.0. The molecule has 0 amide bonds. The molecule has 0 aliphatic carbocycles. The standard InChI is InChI=1S/C34H52FN9S/c1-3-5-7-9-11-13-15-17-23-42-25-31(36-40-42)27-44-33(29-19-21-30(35)22-20-29)38-39-34(44)45-28-32-26-43(41-37-32)24-18-16-14-12-10-8-6-4-2/h19-22,25-26H,3-18,23-24,27-28H2,1-2H3. The number of benzene rings is 1. The maximum Gasteiger partial charge on any atom is 0.192 e. The van der Waals surface area contributed by atoms with Crippen LogP contribution in [0.15, 0.2) is 41.8 Å². The first kappa shape index (κ1) is 34.8. The molecule has 1 aromatic carbocycles. The lowest BCUT2D eigenvalue weighted by atomic mass is 10.1. The van der Waals surface area contributed by atoms with E-state index in [1.165, 1.54) is 102 Å². The number of unbranched alkanes of at least 4 members (excludes halogenated alkanes) is 14. The summed E-state index contributed by atoms with van der Waals surface area (Å²) in [6.45, 7) is 6.75. The van der Waals surface area contributed by atoms with E-state index in [1.807, 2.05) is 26.3 Å². The first-order chi connectivity index (χ1) is 22.2. The van der Waals surface area contributed by atoms with Gasteiger partial charge in [-0.3, -0.25) is 13.9 Å². The van der Waals surface area contributed by atoms with Crippen LogP contribution in [-0.4, -0.2) is 44.8 Å². The molecule has 0 atom stereocenters. The number of nitrogens with zero attached hydrogens (tertiary/aromatic N) is 9. The van der Waals surface area contributed by atoms with Gasteiger partial charge >= 0.3 is 0 Å². The van der Waals surface area contributed by atoms with Gasteiger partial charge in [-0.05, 0) is 37.1 Å². The van der Waals surface area contributed by atoms with Crippen LogP contribution in [0.3, 0.4) is 0 Å². The largest absolute Gasteiger partial charge is 0.296 e. The molecular formula is C34H52FN9S. The summed E-state index contributed by atoms with van der Waals surface area (Å²) in [4.78, 5) is 0. The van der Waals surface area contributed by atoms with Crippen molar-refractivity contribution in [2.45, 2.75) is 147 Å². The Kier molecular flexibility index (Phi) is 15.6. The fourth-order valence-corrected chi connectivity index (χ4v) is 6.32. The zero-order valence-corrected chi connectivity index (χ0v) is 28.2. The van der Waals surface area contributed by atoms with Gasteiger partial charge in [-0.2, -0.15) is 0 Å². The lowest BCUT2D eigenvalue weighted by molar-refractivity contribution is 0.510. The maximum atomic E-state index is 13.7. The van der Waals surface area contributed by atoms with Gasteiger partial charge in [-0.15, -0.1) is 20.4 Å². The molecule has 0 aliphatic heterocycles. The quantitative estimate of drug-likeness (QED) is 0.0560. The molecule has 3 aromatic heterocycles. The van der Waals surface area contributed by atoms with Gasteiger partial charge in [0.15, 0.2) is 11.0 Å². The van der Waals surface area contributed by atoms with E-state index in [9.17, 15) is 4.39 Å². The summed E-state index contributed by atoms with van der Waals surface area (Å²) >= 11 is 1.57. The molecule has 4 rings (SSSR count). The minimum atomic E-state index is -0.279. The first-order valence-electron chi connectivity index (χ1n) is 17.3. The molecule has 0 fully saturated rings. The van der Waals surface area contributed by atoms with E-state index in [2.05, 4.69) is 44.7 Å². The molecule has 246 valence electrons. The van der Waals surface area contributed by atoms with Gasteiger partial charge in [0.1, 0.15) is 11.5 Å². The third-order valence-corrected chi connectivity index (χ3v) is 9.14. The summed E-state index contributed by atoms with van der Waals surface area (Å²) in [5.74, 6) is 1.02. The molecule has 0 radical (unpaired) electrons. The monoisotopic (exact) mass is 637 g/mol. The van der Waals surface area contributed by atoms with Gasteiger partial charge < -0.3 is 0 Å². The van der Waals surface area contributed by atoms with Crippen LogP contribution in [0.5, 0.6) is 0 Å². The van der Waals surface area contributed by atoms with Crippen LogP contribution >= 0.6 is 11.8 Å². The molecule has 0 saturated carbocycles. The molecule has 0 unspecified atom stereocenters. The highest BCUT2D eigenvalue weighted by Crippen LogP contribution is 2.27. The van der Waals surface area contributed by atoms with Crippen LogP contribution in [-0.2, 0) is 25.4 Å². The summed E-state index contributed by atoms with van der Waals surface area (Å²) in [5, 5.41) is 27.3. The lowest BCUT2D eigenvalue weighted by Gasteiger charge is -2.08. The van der Waals surface area contributed by atoms with E-state index in [1.54, 1.807) is 23.9 Å². The van der Waals surface area contributed by atoms with Crippen molar-refractivity contribution in [3.63, 3.8) is 0 Å². The molecule has 0 bridgehead atoms. The molecule has 11 heteroatoms. The summed E-state index contributed by atoms with van der Waals surface area (Å²) in [6, 6.07) is 6.37. The SMILES string of the molecule is CCCCCCCCCCn1cc(CSc2nnc(-c3ccc(F)cc3)n2Cc2cn(CCCCCCCCCC)nn2)nn1. The number of halogens is 1. The maximum absolute atomic E-state index is 13.7. The van der Waals surface area contributed by atoms with E-state index in [0.717, 1.165) is 48.0 Å². The predicted molar refractivity (Wildman–Crippen MR) is 179 cm³/mol. The van der Waals surface area contributed by atoms with Gasteiger partial charge in [0, 0.05) is 30.6 Å². The van der Waals surface area contributed by atoms with Crippen molar-refractivity contribution in [3.05, 3.63) is 53.9 Å². The lowest BCUT2D eigenvalue weighted by Crippen LogP contribution is -2.05. The summed E-state index contributed by atoms with van der Waals surface area (Å²) in [5.41, 5.74) is 2.56. The molecule has 0 N–H and O–H groups in total. The smallest absolute Gasteiger partial charge is 0.192 e. The molecule has 0 aliphatic rings. The number of rotatable bonds is 24. The van der Waals surface area contributed by atoms with Crippen molar-refractivity contribution in [2.75, 3.05) is 0 Å². The Morgan fingerprint density at radius 3 is 1.69 bits per heavy atom. The molecule has 0 spiro atoms. The number of aryl methyl sites for hydroxylation is 2. The van der Waals surface area contributed by atoms with Gasteiger partial charge in [-0.25, -0.2) is 4.39 Å². The minimum Gasteiger partial charge on any atom is -0.296 e. The molecular weight excluding hydrogens is 586 g/mol. The average molecular weight is 638 g/mol. The third kappa shape index (κ3) is 12.3. The fourth-order valence-electron chi connectivity index (χ4n) is 5.50. The highest BCUT2D eigenvalue weighted by atomic mass is 32.2. The van der Waals surface area contributed by atoms with Crippen molar-refractivity contribution < 1.29 is 4.39 Å². The minimum absolute atomic E-state index is 0.279. The number of hydrogen-bond acceptors (Lipinski definition) is 7. The van der Waals surface area contributed by atoms with Gasteiger partial charge in [-0.1, -0.05) is 126 Å². The van der Waals surface area contributed by atoms with E-state index < -0.39 is 0 Å². The normalized spacial score (nSPS) is 11.5. The molecule has 9 nitrogen and oxygen atoms in total. The van der Waals surface area contributed by atoms with E-state index in [4.69, 9.17) is 0 Å². The summed E-state index contributed by atoms with van der Waals surface area (Å²) < 4.78 is 19.6. The molecule has 4 aromatic rings. The van der Waals surface area contributed by atoms with Crippen molar-refractivity contribution in [1.82, 2.24) is 44.8 Å². The zero-order chi connectivity index (χ0) is 31.5. The highest BCUT2D eigenvalue weighted by molar-refractivity contribution is 7.98. The van der Waals surface area contributed by atoms with Crippen LogP contribution in [0.4, 0.5) is 4.39 Å². The van der Waals surface area contributed by atoms with Crippen LogP contribution in [0, 0.1) is 5.82 Å². The second kappa shape index (κ2) is 20.1. The van der Waals surface area contributed by atoms with E-state index in [0.29, 0.717) is 18.1 Å². The van der Waals surface area contributed by atoms with E-state index >= 15 is 0 Å². The number of aromatic nitrogens is 9. The van der Waals surface area contributed by atoms with Crippen molar-refractivity contribution >= 4 is 11.8 Å². The van der Waals surface area contributed by atoms with Crippen LogP contribution in [0.25, 0.3) is 11.4 Å². The molecule has 45 heavy (non-hydrogen) atoms. The predicted octanol–water partition coefficient (Wildman–Crippen LogP) is 8.89. The Bertz CT molecular complexity index is 1350. The molecule has 0 saturated heterocycles. The zero-order valence-electron chi connectivity index (χ0n) is 27.4. The Morgan fingerprint density at radius 2 is 1.11 bits per heavy atom. The Hall–Kier alpha value is -3.08. The van der Waals surface area contributed by atoms with Gasteiger partial charge in [0.25, 0.3) is 0 Å². The average Bonchev–Trinajstić information content (AvgIpc) is 3.80. The summed E-state index contributed by atoms with van der Waals surface area (Å²) in [6.07, 6.45) is 24.6. The van der Waals surface area contributed by atoms with Crippen molar-refractivity contribution in [1.29, 1.82) is 0 Å². The molecule has 3 heterocycles. The number of thioether (sulfide) groups is 1. The Balaban J connectivity index is 1.30. The van der Waals surface area contributed by atoms with Gasteiger partial charge in [0.05, 0.1) is 18.4 Å². The van der Waals surface area contributed by atoms with Crippen LogP contribution in [0.2, 0.25) is 0 Å². The second-order valence-electron chi connectivity index (χ2n) is 12.1. The summed E-state index contributed by atoms with van der Waals surface area (Å²) in [7, 11) is 0. The fraction of sp³-hybridized carbons (Fsp3) is 0.647. The Labute approximate surface area is 272 Å². The Morgan fingerprint density at radius 1 is 0.600 bits per heavy atom. The van der Waals surface area contributed by atoms with Crippen LogP contribution < -0.4 is 0 Å². The van der Waals surface area contributed by atoms with E-state index in [-0.39, 0.29) is 5.82 Å². The highest BCUT2D eigenvalue weighted by Gasteiger charge is 2.17. The van der Waals surface area contributed by atoms with Crippen molar-refractivity contribution in [3.8, 4) is 11.4 Å². The third-order valence-electron chi connectivity index (χ3n) is 8.14. The topological polar surface area (TPSA) is 92.1 Å².